The fraction of sp³-hybridized carbons (Fsp3) is 0.294. The van der Waals surface area contributed by atoms with Crippen molar-refractivity contribution < 1.29 is 14.9 Å². The third-order valence-corrected chi connectivity index (χ3v) is 4.66. The first-order valence-electron chi connectivity index (χ1n) is 7.29. The Morgan fingerprint density at radius 2 is 1.78 bits per heavy atom. The first kappa shape index (κ1) is 16.2. The second-order valence-electron chi connectivity index (χ2n) is 5.59. The molecule has 1 aliphatic heterocycles. The van der Waals surface area contributed by atoms with Gasteiger partial charge in [-0.05, 0) is 60.3 Å². The number of methoxy groups -OCH3 is 1. The van der Waals surface area contributed by atoms with Crippen LogP contribution in [0, 0.1) is 0 Å². The highest BCUT2D eigenvalue weighted by atomic mass is 35.5. The van der Waals surface area contributed by atoms with Gasteiger partial charge in [-0.1, -0.05) is 23.2 Å². The number of aromatic hydroxyl groups is 2. The van der Waals surface area contributed by atoms with E-state index in [-0.39, 0.29) is 17.5 Å². The van der Waals surface area contributed by atoms with Crippen LogP contribution in [0.1, 0.15) is 22.7 Å². The molecule has 0 radical (unpaired) electrons. The zero-order chi connectivity index (χ0) is 16.6. The molecule has 1 heterocycles. The Hall–Kier alpha value is -1.62. The van der Waals surface area contributed by atoms with Crippen molar-refractivity contribution in [3.05, 3.63) is 51.0 Å². The fourth-order valence-corrected chi connectivity index (χ4v) is 3.70. The Morgan fingerprint density at radius 3 is 2.43 bits per heavy atom. The molecule has 0 amide bonds. The summed E-state index contributed by atoms with van der Waals surface area (Å²) in [4.78, 5) is 0. The minimum absolute atomic E-state index is 0.0192. The molecule has 3 rings (SSSR count). The van der Waals surface area contributed by atoms with Gasteiger partial charge in [0.2, 0.25) is 0 Å². The summed E-state index contributed by atoms with van der Waals surface area (Å²) in [7, 11) is 1.53. The Bertz CT molecular complexity index is 726. The number of phenolic OH excluding ortho intramolecular Hbond substituents is 2. The molecule has 2 aromatic carbocycles. The predicted octanol–water partition coefficient (Wildman–Crippen LogP) is 3.84. The summed E-state index contributed by atoms with van der Waals surface area (Å²) >= 11 is 12.4. The van der Waals surface area contributed by atoms with Gasteiger partial charge in [0.15, 0.2) is 17.2 Å². The Kier molecular flexibility index (Phi) is 4.57. The van der Waals surface area contributed by atoms with Crippen LogP contribution in [0.5, 0.6) is 17.2 Å². The van der Waals surface area contributed by atoms with Gasteiger partial charge >= 0.3 is 0 Å². The van der Waals surface area contributed by atoms with Crippen molar-refractivity contribution in [2.75, 3.05) is 13.7 Å². The van der Waals surface area contributed by atoms with E-state index in [9.17, 15) is 10.2 Å². The van der Waals surface area contributed by atoms with Crippen LogP contribution >= 0.6 is 23.2 Å². The van der Waals surface area contributed by atoms with Gasteiger partial charge in [-0.25, -0.2) is 0 Å². The Morgan fingerprint density at radius 1 is 1.13 bits per heavy atom. The van der Waals surface area contributed by atoms with Crippen molar-refractivity contribution in [2.24, 2.45) is 0 Å². The topological polar surface area (TPSA) is 61.7 Å². The van der Waals surface area contributed by atoms with Crippen molar-refractivity contribution >= 4 is 23.2 Å². The predicted molar refractivity (Wildman–Crippen MR) is 90.9 cm³/mol. The molecule has 0 saturated carbocycles. The summed E-state index contributed by atoms with van der Waals surface area (Å²) < 4.78 is 5.17. The van der Waals surface area contributed by atoms with Crippen LogP contribution in [0.3, 0.4) is 0 Å². The average Bonchev–Trinajstić information content (AvgIpc) is 2.49. The lowest BCUT2D eigenvalue weighted by atomic mass is 9.90. The molecule has 1 unspecified atom stereocenters. The first-order valence-corrected chi connectivity index (χ1v) is 8.05. The quantitative estimate of drug-likeness (QED) is 0.733. The van der Waals surface area contributed by atoms with Crippen molar-refractivity contribution in [1.82, 2.24) is 5.32 Å². The largest absolute Gasteiger partial charge is 0.504 e. The van der Waals surface area contributed by atoms with Gasteiger partial charge in [0.05, 0.1) is 17.2 Å². The smallest absolute Gasteiger partial charge is 0.157 e. The number of benzene rings is 2. The second-order valence-corrected chi connectivity index (χ2v) is 6.41. The van der Waals surface area contributed by atoms with E-state index in [0.29, 0.717) is 22.2 Å². The van der Waals surface area contributed by atoms with E-state index >= 15 is 0 Å². The number of rotatable bonds is 3. The maximum atomic E-state index is 9.78. The fourth-order valence-electron chi connectivity index (χ4n) is 3.01. The molecule has 4 nitrogen and oxygen atoms in total. The highest BCUT2D eigenvalue weighted by Crippen LogP contribution is 2.37. The molecule has 3 N–H and O–H groups in total. The number of hydrogen-bond donors (Lipinski definition) is 3. The summed E-state index contributed by atoms with van der Waals surface area (Å²) in [5.41, 5.74) is 2.99. The molecule has 122 valence electrons. The van der Waals surface area contributed by atoms with Crippen molar-refractivity contribution in [2.45, 2.75) is 18.9 Å². The molecular formula is C17H17Cl2NO3. The summed E-state index contributed by atoms with van der Waals surface area (Å²) in [6.07, 6.45) is 1.48. The molecule has 0 fully saturated rings. The van der Waals surface area contributed by atoms with Crippen molar-refractivity contribution in [1.29, 1.82) is 0 Å². The number of hydrogen-bond acceptors (Lipinski definition) is 4. The molecule has 23 heavy (non-hydrogen) atoms. The number of phenols is 2. The molecule has 2 aromatic rings. The maximum absolute atomic E-state index is 9.78. The van der Waals surface area contributed by atoms with E-state index < -0.39 is 0 Å². The third-order valence-electron chi connectivity index (χ3n) is 4.10. The third kappa shape index (κ3) is 3.20. The highest BCUT2D eigenvalue weighted by molar-refractivity contribution is 6.37. The number of ether oxygens (including phenoxy) is 1. The van der Waals surface area contributed by atoms with Crippen LogP contribution in [-0.4, -0.2) is 23.9 Å². The van der Waals surface area contributed by atoms with Gasteiger partial charge < -0.3 is 20.3 Å². The van der Waals surface area contributed by atoms with Crippen LogP contribution in [0.4, 0.5) is 0 Å². The van der Waals surface area contributed by atoms with E-state index in [4.69, 9.17) is 27.9 Å². The normalized spacial score (nSPS) is 16.9. The summed E-state index contributed by atoms with van der Waals surface area (Å²) in [6, 6.07) is 6.94. The van der Waals surface area contributed by atoms with Gasteiger partial charge in [-0.3, -0.25) is 0 Å². The summed E-state index contributed by atoms with van der Waals surface area (Å²) in [5.74, 6) is 0.278. The molecular weight excluding hydrogens is 337 g/mol. The zero-order valence-corrected chi connectivity index (χ0v) is 14.1. The minimum Gasteiger partial charge on any atom is -0.504 e. The van der Waals surface area contributed by atoms with Crippen LogP contribution in [0.15, 0.2) is 24.3 Å². The first-order chi connectivity index (χ1) is 11.0. The van der Waals surface area contributed by atoms with Gasteiger partial charge in [-0.15, -0.1) is 0 Å². The molecule has 0 aromatic heterocycles. The van der Waals surface area contributed by atoms with Crippen molar-refractivity contribution in [3.63, 3.8) is 0 Å². The molecule has 1 aliphatic rings. The van der Waals surface area contributed by atoms with Gasteiger partial charge in [0.1, 0.15) is 0 Å². The molecule has 0 aliphatic carbocycles. The highest BCUT2D eigenvalue weighted by Gasteiger charge is 2.22. The van der Waals surface area contributed by atoms with Gasteiger partial charge in [0, 0.05) is 6.04 Å². The van der Waals surface area contributed by atoms with Gasteiger partial charge in [0.25, 0.3) is 0 Å². The SMILES string of the molecule is COc1c(Cl)cc(CC2NCCc3cc(O)c(O)cc32)cc1Cl. The lowest BCUT2D eigenvalue weighted by molar-refractivity contribution is 0.398. The summed E-state index contributed by atoms with van der Waals surface area (Å²) in [5, 5.41) is 23.8. The Balaban J connectivity index is 1.92. The minimum atomic E-state index is -0.108. The number of nitrogens with one attached hydrogen (secondary N) is 1. The lowest BCUT2D eigenvalue weighted by Gasteiger charge is -2.27. The molecule has 1 atom stereocenters. The van der Waals surface area contributed by atoms with Gasteiger partial charge in [-0.2, -0.15) is 0 Å². The van der Waals surface area contributed by atoms with Crippen molar-refractivity contribution in [3.8, 4) is 17.2 Å². The standard InChI is InChI=1S/C17H17Cl2NO3/c1-23-17-12(18)4-9(5-13(17)19)6-14-11-8-16(22)15(21)7-10(11)2-3-20-14/h4-5,7-8,14,20-22H,2-3,6H2,1H3. The zero-order valence-electron chi connectivity index (χ0n) is 12.6. The van der Waals surface area contributed by atoms with Crippen LogP contribution < -0.4 is 10.1 Å². The van der Waals surface area contributed by atoms with E-state index in [0.717, 1.165) is 29.7 Å². The van der Waals surface area contributed by atoms with E-state index in [1.54, 1.807) is 12.1 Å². The van der Waals surface area contributed by atoms with E-state index in [1.807, 2.05) is 12.1 Å². The van der Waals surface area contributed by atoms with E-state index in [2.05, 4.69) is 5.32 Å². The molecule has 0 bridgehead atoms. The number of halogens is 2. The van der Waals surface area contributed by atoms with Crippen LogP contribution in [-0.2, 0) is 12.8 Å². The van der Waals surface area contributed by atoms with Crippen LogP contribution in [0.2, 0.25) is 10.0 Å². The monoisotopic (exact) mass is 353 g/mol. The second kappa shape index (κ2) is 6.48. The average molecular weight is 354 g/mol. The molecule has 6 heteroatoms. The number of fused-ring (bicyclic) bond motifs is 1. The summed E-state index contributed by atoms with van der Waals surface area (Å²) in [6.45, 7) is 0.805. The lowest BCUT2D eigenvalue weighted by Crippen LogP contribution is -2.31. The molecule has 0 spiro atoms. The van der Waals surface area contributed by atoms with Crippen LogP contribution in [0.25, 0.3) is 0 Å². The maximum Gasteiger partial charge on any atom is 0.157 e. The Labute approximate surface area is 144 Å². The van der Waals surface area contributed by atoms with E-state index in [1.165, 1.54) is 7.11 Å². The molecule has 0 saturated heterocycles.